The molecule has 0 aromatic heterocycles. The second-order valence-electron chi connectivity index (χ2n) is 6.31. The number of ketones is 1. The molecule has 2 aromatic rings. The van der Waals surface area contributed by atoms with Gasteiger partial charge in [-0.05, 0) is 50.6 Å². The Balaban J connectivity index is 2.00. The van der Waals surface area contributed by atoms with E-state index in [1.54, 1.807) is 53.4 Å². The van der Waals surface area contributed by atoms with E-state index in [2.05, 4.69) is 21.2 Å². The predicted octanol–water partition coefficient (Wildman–Crippen LogP) is 4.06. The van der Waals surface area contributed by atoms with E-state index in [4.69, 9.17) is 0 Å². The first-order chi connectivity index (χ1) is 13.5. The second-order valence-corrected chi connectivity index (χ2v) is 7.22. The van der Waals surface area contributed by atoms with Crippen LogP contribution in [0.1, 0.15) is 53.0 Å². The van der Waals surface area contributed by atoms with Crippen LogP contribution in [0.25, 0.3) is 0 Å². The summed E-state index contributed by atoms with van der Waals surface area (Å²) in [6, 6.07) is 13.8. The molecule has 0 fully saturated rings. The molecule has 0 unspecified atom stereocenters. The van der Waals surface area contributed by atoms with Gasteiger partial charge in [0, 0.05) is 41.7 Å². The SMILES string of the molecule is CCN(CC)C(=O)CCCNC(=O)c1ccccc1C(=O)c1ccc(Br)cc1. The van der Waals surface area contributed by atoms with E-state index in [9.17, 15) is 14.4 Å². The third-order valence-electron chi connectivity index (χ3n) is 4.49. The molecule has 6 heteroatoms. The summed E-state index contributed by atoms with van der Waals surface area (Å²) in [6.45, 7) is 5.65. The molecule has 0 aliphatic rings. The fourth-order valence-electron chi connectivity index (χ4n) is 2.91. The monoisotopic (exact) mass is 444 g/mol. The first-order valence-electron chi connectivity index (χ1n) is 9.43. The predicted molar refractivity (Wildman–Crippen MR) is 114 cm³/mol. The van der Waals surface area contributed by atoms with Crippen molar-refractivity contribution in [2.45, 2.75) is 26.7 Å². The molecule has 0 saturated carbocycles. The minimum atomic E-state index is -0.309. The molecule has 28 heavy (non-hydrogen) atoms. The molecule has 0 bridgehead atoms. The first-order valence-corrected chi connectivity index (χ1v) is 10.2. The normalized spacial score (nSPS) is 10.4. The van der Waals surface area contributed by atoms with Crippen LogP contribution in [0.15, 0.2) is 53.0 Å². The van der Waals surface area contributed by atoms with Gasteiger partial charge in [0.15, 0.2) is 5.78 Å². The van der Waals surface area contributed by atoms with Gasteiger partial charge in [-0.2, -0.15) is 0 Å². The van der Waals surface area contributed by atoms with Gasteiger partial charge in [-0.3, -0.25) is 14.4 Å². The zero-order valence-electron chi connectivity index (χ0n) is 16.2. The van der Waals surface area contributed by atoms with E-state index < -0.39 is 0 Å². The summed E-state index contributed by atoms with van der Waals surface area (Å²) in [7, 11) is 0. The van der Waals surface area contributed by atoms with Gasteiger partial charge < -0.3 is 10.2 Å². The van der Waals surface area contributed by atoms with E-state index in [-0.39, 0.29) is 17.6 Å². The van der Waals surface area contributed by atoms with Crippen LogP contribution in [-0.4, -0.2) is 42.1 Å². The van der Waals surface area contributed by atoms with E-state index >= 15 is 0 Å². The molecule has 2 aromatic carbocycles. The molecular weight excluding hydrogens is 420 g/mol. The van der Waals surface area contributed by atoms with E-state index in [0.29, 0.717) is 49.2 Å². The van der Waals surface area contributed by atoms with Crippen molar-refractivity contribution in [1.82, 2.24) is 10.2 Å². The number of nitrogens with one attached hydrogen (secondary N) is 1. The molecule has 2 rings (SSSR count). The van der Waals surface area contributed by atoms with Crippen LogP contribution in [0.5, 0.6) is 0 Å². The lowest BCUT2D eigenvalue weighted by Crippen LogP contribution is -2.32. The van der Waals surface area contributed by atoms with Crippen LogP contribution in [0.4, 0.5) is 0 Å². The summed E-state index contributed by atoms with van der Waals surface area (Å²) in [5, 5.41) is 2.82. The van der Waals surface area contributed by atoms with Crippen molar-refractivity contribution in [2.75, 3.05) is 19.6 Å². The van der Waals surface area contributed by atoms with Gasteiger partial charge in [0.2, 0.25) is 5.91 Å². The van der Waals surface area contributed by atoms with Crippen LogP contribution in [-0.2, 0) is 4.79 Å². The third-order valence-corrected chi connectivity index (χ3v) is 5.02. The molecule has 0 spiro atoms. The zero-order valence-corrected chi connectivity index (χ0v) is 17.8. The Kier molecular flexibility index (Phi) is 8.39. The van der Waals surface area contributed by atoms with E-state index in [0.717, 1.165) is 4.47 Å². The Morgan fingerprint density at radius 3 is 2.14 bits per heavy atom. The number of carbonyl (C=O) groups is 3. The van der Waals surface area contributed by atoms with E-state index in [1.165, 1.54) is 0 Å². The first kappa shape index (κ1) is 21.8. The second kappa shape index (κ2) is 10.8. The number of halogens is 1. The Labute approximate surface area is 174 Å². The average Bonchev–Trinajstić information content (AvgIpc) is 2.72. The molecule has 0 aliphatic heterocycles. The van der Waals surface area contributed by atoms with Crippen molar-refractivity contribution in [3.63, 3.8) is 0 Å². The third kappa shape index (κ3) is 5.76. The van der Waals surface area contributed by atoms with Crippen LogP contribution in [0.2, 0.25) is 0 Å². The number of nitrogens with zero attached hydrogens (tertiary/aromatic N) is 1. The number of rotatable bonds is 9. The summed E-state index contributed by atoms with van der Waals surface area (Å²) in [6.07, 6.45) is 0.950. The van der Waals surface area contributed by atoms with Crippen LogP contribution < -0.4 is 5.32 Å². The fourth-order valence-corrected chi connectivity index (χ4v) is 3.17. The molecule has 2 amide bonds. The van der Waals surface area contributed by atoms with Gasteiger partial charge in [0.1, 0.15) is 0 Å². The van der Waals surface area contributed by atoms with Crippen molar-refractivity contribution < 1.29 is 14.4 Å². The molecule has 1 N–H and O–H groups in total. The summed E-state index contributed by atoms with van der Waals surface area (Å²) in [5.74, 6) is -0.420. The highest BCUT2D eigenvalue weighted by Gasteiger charge is 2.18. The molecular formula is C22H25BrN2O3. The topological polar surface area (TPSA) is 66.5 Å². The van der Waals surface area contributed by atoms with Crippen molar-refractivity contribution in [1.29, 1.82) is 0 Å². The van der Waals surface area contributed by atoms with Gasteiger partial charge in [0.05, 0.1) is 5.56 Å². The number of hydrogen-bond acceptors (Lipinski definition) is 3. The summed E-state index contributed by atoms with van der Waals surface area (Å²) < 4.78 is 0.884. The Morgan fingerprint density at radius 2 is 1.54 bits per heavy atom. The zero-order chi connectivity index (χ0) is 20.5. The Hall–Kier alpha value is -2.47. The number of amides is 2. The van der Waals surface area contributed by atoms with Gasteiger partial charge in [-0.25, -0.2) is 0 Å². The van der Waals surface area contributed by atoms with Gasteiger partial charge in [-0.1, -0.05) is 34.1 Å². The smallest absolute Gasteiger partial charge is 0.252 e. The van der Waals surface area contributed by atoms with Crippen LogP contribution in [0.3, 0.4) is 0 Å². The largest absolute Gasteiger partial charge is 0.352 e. The lowest BCUT2D eigenvalue weighted by atomic mass is 9.98. The van der Waals surface area contributed by atoms with Crippen LogP contribution in [0, 0.1) is 0 Å². The maximum atomic E-state index is 12.8. The Morgan fingerprint density at radius 1 is 0.929 bits per heavy atom. The lowest BCUT2D eigenvalue weighted by molar-refractivity contribution is -0.130. The summed E-state index contributed by atoms with van der Waals surface area (Å²) >= 11 is 3.35. The van der Waals surface area contributed by atoms with Crippen molar-refractivity contribution in [3.8, 4) is 0 Å². The average molecular weight is 445 g/mol. The Bertz CT molecular complexity index is 830. The quantitative estimate of drug-likeness (QED) is 0.468. The molecule has 148 valence electrons. The van der Waals surface area contributed by atoms with Crippen molar-refractivity contribution >= 4 is 33.5 Å². The highest BCUT2D eigenvalue weighted by molar-refractivity contribution is 9.10. The van der Waals surface area contributed by atoms with Crippen LogP contribution >= 0.6 is 15.9 Å². The van der Waals surface area contributed by atoms with Gasteiger partial charge >= 0.3 is 0 Å². The molecule has 5 nitrogen and oxygen atoms in total. The highest BCUT2D eigenvalue weighted by Crippen LogP contribution is 2.17. The molecule has 0 saturated heterocycles. The van der Waals surface area contributed by atoms with Crippen molar-refractivity contribution in [2.24, 2.45) is 0 Å². The van der Waals surface area contributed by atoms with Gasteiger partial charge in [0.25, 0.3) is 5.91 Å². The maximum absolute atomic E-state index is 12.8. The standard InChI is InChI=1S/C22H25BrN2O3/c1-3-25(4-2)20(26)10-7-15-24-22(28)19-9-6-5-8-18(19)21(27)16-11-13-17(23)14-12-16/h5-6,8-9,11-14H,3-4,7,10,15H2,1-2H3,(H,24,28). The number of hydrogen-bond donors (Lipinski definition) is 1. The molecule has 0 aliphatic carbocycles. The minimum Gasteiger partial charge on any atom is -0.352 e. The highest BCUT2D eigenvalue weighted by atomic mass is 79.9. The minimum absolute atomic E-state index is 0.0880. The van der Waals surface area contributed by atoms with Crippen molar-refractivity contribution in [3.05, 3.63) is 69.7 Å². The fraction of sp³-hybridized carbons (Fsp3) is 0.318. The number of benzene rings is 2. The summed E-state index contributed by atoms with van der Waals surface area (Å²) in [4.78, 5) is 39.2. The molecule has 0 atom stereocenters. The molecule has 0 heterocycles. The molecule has 0 radical (unpaired) electrons. The van der Waals surface area contributed by atoms with Gasteiger partial charge in [-0.15, -0.1) is 0 Å². The van der Waals surface area contributed by atoms with E-state index in [1.807, 2.05) is 13.8 Å². The summed E-state index contributed by atoms with van der Waals surface area (Å²) in [5.41, 5.74) is 1.22. The maximum Gasteiger partial charge on any atom is 0.252 e. The lowest BCUT2D eigenvalue weighted by Gasteiger charge is -2.18. The number of carbonyl (C=O) groups excluding carboxylic acids is 3.